The number of hydrogen-bond donors (Lipinski definition) is 2. The average molecular weight is 314 g/mol. The number of rotatable bonds is 1. The second-order valence-corrected chi connectivity index (χ2v) is 5.13. The number of fused-ring (bicyclic) bond motifs is 3. The first-order chi connectivity index (χ1) is 8.22. The number of aromatic hydroxyl groups is 2. The van der Waals surface area contributed by atoms with E-state index in [2.05, 4.69) is 11.8 Å². The van der Waals surface area contributed by atoms with Crippen LogP contribution in [0.25, 0.3) is 0 Å². The highest BCUT2D eigenvalue weighted by molar-refractivity contribution is 8.93. The van der Waals surface area contributed by atoms with Crippen LogP contribution in [0.4, 0.5) is 0 Å². The Hall–Kier alpha value is -0.740. The average Bonchev–Trinajstić information content (AvgIpc) is 2.76. The van der Waals surface area contributed by atoms with Crippen LogP contribution in [0.5, 0.6) is 11.5 Å². The van der Waals surface area contributed by atoms with Crippen molar-refractivity contribution in [1.29, 1.82) is 0 Å². The summed E-state index contributed by atoms with van der Waals surface area (Å²) in [5.41, 5.74) is 2.23. The van der Waals surface area contributed by atoms with E-state index in [0.29, 0.717) is 12.0 Å². The minimum Gasteiger partial charge on any atom is -0.504 e. The Balaban J connectivity index is 0.00000120. The fourth-order valence-corrected chi connectivity index (χ4v) is 3.60. The standard InChI is InChI=1S/C14H19NO2.BrH/c1-2-15-8-7-10-9-4-6-13(16)14(17)11(9)3-5-12(10)15;/h4,6,10,12,16-17H,2-3,5,7-8H2,1H3;1H/t10-,12+;/m1./s1. The zero-order valence-corrected chi connectivity index (χ0v) is 12.3. The molecule has 1 heterocycles. The van der Waals surface area contributed by atoms with E-state index in [9.17, 15) is 10.2 Å². The third kappa shape index (κ3) is 1.91. The van der Waals surface area contributed by atoms with Gasteiger partial charge in [0.2, 0.25) is 0 Å². The summed E-state index contributed by atoms with van der Waals surface area (Å²) in [6.45, 7) is 4.49. The number of benzene rings is 1. The van der Waals surface area contributed by atoms with E-state index in [4.69, 9.17) is 0 Å². The molecule has 0 spiro atoms. The Morgan fingerprint density at radius 3 is 2.78 bits per heavy atom. The first-order valence-electron chi connectivity index (χ1n) is 6.50. The maximum atomic E-state index is 9.92. The Morgan fingerprint density at radius 2 is 2.06 bits per heavy atom. The van der Waals surface area contributed by atoms with E-state index in [1.807, 2.05) is 6.07 Å². The monoisotopic (exact) mass is 313 g/mol. The largest absolute Gasteiger partial charge is 0.504 e. The van der Waals surface area contributed by atoms with Gasteiger partial charge in [0.15, 0.2) is 11.5 Å². The Bertz CT molecular complexity index is 450. The van der Waals surface area contributed by atoms with Crippen molar-refractivity contribution < 1.29 is 10.2 Å². The summed E-state index contributed by atoms with van der Waals surface area (Å²) in [5, 5.41) is 19.5. The SMILES string of the molecule is Br.CCN1CC[C@@H]2c3ccc(O)c(O)c3CC[C@@H]21. The van der Waals surface area contributed by atoms with Crippen LogP contribution in [0.2, 0.25) is 0 Å². The lowest BCUT2D eigenvalue weighted by Gasteiger charge is -2.33. The molecule has 1 aromatic rings. The number of likely N-dealkylation sites (N-methyl/N-ethyl adjacent to an activating group) is 1. The van der Waals surface area contributed by atoms with E-state index < -0.39 is 0 Å². The summed E-state index contributed by atoms with van der Waals surface area (Å²) in [6.07, 6.45) is 3.16. The predicted octanol–water partition coefficient (Wildman–Crippen LogP) is 2.80. The predicted molar refractivity (Wildman–Crippen MR) is 76.8 cm³/mol. The minimum absolute atomic E-state index is 0. The number of phenols is 2. The van der Waals surface area contributed by atoms with Gasteiger partial charge in [-0.1, -0.05) is 13.0 Å². The van der Waals surface area contributed by atoms with Crippen molar-refractivity contribution >= 4 is 17.0 Å². The van der Waals surface area contributed by atoms with Gasteiger partial charge in [0.25, 0.3) is 0 Å². The van der Waals surface area contributed by atoms with Gasteiger partial charge in [-0.2, -0.15) is 0 Å². The molecule has 1 fully saturated rings. The summed E-state index contributed by atoms with van der Waals surface area (Å²) in [4.78, 5) is 2.54. The second-order valence-electron chi connectivity index (χ2n) is 5.13. The molecule has 0 radical (unpaired) electrons. The summed E-state index contributed by atoms with van der Waals surface area (Å²) >= 11 is 0. The quantitative estimate of drug-likeness (QED) is 0.784. The van der Waals surface area contributed by atoms with Crippen LogP contribution in [0.15, 0.2) is 12.1 Å². The summed E-state index contributed by atoms with van der Waals surface area (Å²) in [6, 6.07) is 4.27. The van der Waals surface area contributed by atoms with Crippen molar-refractivity contribution in [3.63, 3.8) is 0 Å². The van der Waals surface area contributed by atoms with Gasteiger partial charge in [0.1, 0.15) is 0 Å². The molecule has 2 aliphatic rings. The lowest BCUT2D eigenvalue weighted by molar-refractivity contribution is 0.237. The van der Waals surface area contributed by atoms with Gasteiger partial charge in [0.05, 0.1) is 0 Å². The topological polar surface area (TPSA) is 43.7 Å². The Kier molecular flexibility index (Phi) is 3.87. The zero-order valence-electron chi connectivity index (χ0n) is 10.6. The lowest BCUT2D eigenvalue weighted by atomic mass is 9.79. The van der Waals surface area contributed by atoms with Gasteiger partial charge >= 0.3 is 0 Å². The van der Waals surface area contributed by atoms with Crippen LogP contribution in [0, 0.1) is 0 Å². The second kappa shape index (κ2) is 5.10. The van der Waals surface area contributed by atoms with Gasteiger partial charge in [-0.3, -0.25) is 0 Å². The van der Waals surface area contributed by atoms with Crippen LogP contribution < -0.4 is 0 Å². The first-order valence-corrected chi connectivity index (χ1v) is 6.50. The van der Waals surface area contributed by atoms with Gasteiger partial charge in [-0.05, 0) is 44.0 Å². The summed E-state index contributed by atoms with van der Waals surface area (Å²) < 4.78 is 0. The number of hydrogen-bond acceptors (Lipinski definition) is 3. The van der Waals surface area contributed by atoms with Crippen LogP contribution in [0.3, 0.4) is 0 Å². The Morgan fingerprint density at radius 1 is 1.28 bits per heavy atom. The molecule has 0 saturated carbocycles. The van der Waals surface area contributed by atoms with E-state index in [-0.39, 0.29) is 28.5 Å². The molecule has 3 nitrogen and oxygen atoms in total. The number of nitrogens with zero attached hydrogens (tertiary/aromatic N) is 1. The van der Waals surface area contributed by atoms with Crippen LogP contribution >= 0.6 is 17.0 Å². The van der Waals surface area contributed by atoms with E-state index >= 15 is 0 Å². The molecule has 0 aromatic heterocycles. The van der Waals surface area contributed by atoms with Gasteiger partial charge in [0, 0.05) is 17.5 Å². The molecular formula is C14H20BrNO2. The van der Waals surface area contributed by atoms with Crippen LogP contribution in [-0.2, 0) is 6.42 Å². The molecule has 1 aromatic carbocycles. The smallest absolute Gasteiger partial charge is 0.160 e. The molecule has 0 bridgehead atoms. The highest BCUT2D eigenvalue weighted by atomic mass is 79.9. The molecule has 18 heavy (non-hydrogen) atoms. The lowest BCUT2D eigenvalue weighted by Crippen LogP contribution is -2.34. The molecular weight excluding hydrogens is 294 g/mol. The van der Waals surface area contributed by atoms with E-state index in [1.165, 1.54) is 12.0 Å². The van der Waals surface area contributed by atoms with E-state index in [0.717, 1.165) is 31.5 Å². The molecule has 100 valence electrons. The molecule has 0 unspecified atom stereocenters. The summed E-state index contributed by atoms with van der Waals surface area (Å²) in [7, 11) is 0. The molecule has 0 amide bonds. The number of phenolic OH excluding ortho intramolecular Hbond substituents is 2. The zero-order chi connectivity index (χ0) is 12.0. The highest BCUT2D eigenvalue weighted by Crippen LogP contribution is 2.46. The van der Waals surface area contributed by atoms with Gasteiger partial charge < -0.3 is 15.1 Å². The molecule has 2 atom stereocenters. The molecule has 1 aliphatic carbocycles. The summed E-state index contributed by atoms with van der Waals surface area (Å²) in [5.74, 6) is 0.675. The molecule has 1 saturated heterocycles. The van der Waals surface area contributed by atoms with Gasteiger partial charge in [-0.25, -0.2) is 0 Å². The van der Waals surface area contributed by atoms with Crippen LogP contribution in [0.1, 0.15) is 36.8 Å². The van der Waals surface area contributed by atoms with Crippen molar-refractivity contribution in [2.75, 3.05) is 13.1 Å². The molecule has 2 N–H and O–H groups in total. The normalized spacial score (nSPS) is 26.3. The van der Waals surface area contributed by atoms with Gasteiger partial charge in [-0.15, -0.1) is 17.0 Å². The minimum atomic E-state index is 0. The Labute approximate surface area is 118 Å². The first kappa shape index (κ1) is 13.7. The highest BCUT2D eigenvalue weighted by Gasteiger charge is 2.38. The van der Waals surface area contributed by atoms with Crippen molar-refractivity contribution in [2.45, 2.75) is 38.1 Å². The molecule has 1 aliphatic heterocycles. The maximum Gasteiger partial charge on any atom is 0.160 e. The van der Waals surface area contributed by atoms with Crippen molar-refractivity contribution in [3.8, 4) is 11.5 Å². The van der Waals surface area contributed by atoms with Crippen LogP contribution in [-0.4, -0.2) is 34.2 Å². The van der Waals surface area contributed by atoms with Crippen molar-refractivity contribution in [3.05, 3.63) is 23.3 Å². The number of halogens is 1. The molecule has 4 heteroatoms. The third-order valence-corrected chi connectivity index (χ3v) is 4.45. The fraction of sp³-hybridized carbons (Fsp3) is 0.571. The number of likely N-dealkylation sites (tertiary alicyclic amines) is 1. The third-order valence-electron chi connectivity index (χ3n) is 4.45. The van der Waals surface area contributed by atoms with Crippen molar-refractivity contribution in [2.24, 2.45) is 0 Å². The van der Waals surface area contributed by atoms with E-state index in [1.54, 1.807) is 6.07 Å². The molecule has 3 rings (SSSR count). The fourth-order valence-electron chi connectivity index (χ4n) is 3.60. The van der Waals surface area contributed by atoms with Crippen molar-refractivity contribution in [1.82, 2.24) is 4.90 Å². The maximum absolute atomic E-state index is 9.92.